The molecule has 2 fully saturated rings. The number of hydrogen-bond acceptors (Lipinski definition) is 4. The first-order valence-corrected chi connectivity index (χ1v) is 8.18. The summed E-state index contributed by atoms with van der Waals surface area (Å²) in [6.07, 6.45) is 4.18. The van der Waals surface area contributed by atoms with Crippen LogP contribution in [-0.4, -0.2) is 41.9 Å². The third-order valence-corrected chi connectivity index (χ3v) is 5.54. The van der Waals surface area contributed by atoms with Crippen LogP contribution in [0.5, 0.6) is 0 Å². The Kier molecular flexibility index (Phi) is 4.96. The molecular weight excluding hydrogens is 268 g/mol. The summed E-state index contributed by atoms with van der Waals surface area (Å²) in [5.41, 5.74) is 5.15. The fraction of sp³-hybridized carbons (Fsp3) is 0.938. The van der Waals surface area contributed by atoms with Crippen molar-refractivity contribution in [2.24, 2.45) is 17.1 Å². The van der Waals surface area contributed by atoms with Crippen LogP contribution < -0.4 is 11.1 Å². The molecule has 0 aromatic carbocycles. The Morgan fingerprint density at radius 2 is 2.14 bits per heavy atom. The monoisotopic (exact) mass is 298 g/mol. The number of carbonyl (C=O) groups excluding carboxylic acids is 1. The molecule has 0 aliphatic heterocycles. The molecule has 21 heavy (non-hydrogen) atoms. The zero-order valence-electron chi connectivity index (χ0n) is 13.5. The summed E-state index contributed by atoms with van der Waals surface area (Å²) in [5, 5.41) is 12.7. The van der Waals surface area contributed by atoms with E-state index in [-0.39, 0.29) is 23.5 Å². The predicted octanol–water partition coefficient (Wildman–Crippen LogP) is 1.19. The Hall–Kier alpha value is -0.650. The van der Waals surface area contributed by atoms with Gasteiger partial charge in [-0.15, -0.1) is 0 Å². The van der Waals surface area contributed by atoms with Crippen LogP contribution in [-0.2, 0) is 9.53 Å². The number of carbonyl (C=O) groups is 1. The first-order chi connectivity index (χ1) is 9.81. The van der Waals surface area contributed by atoms with Crippen LogP contribution >= 0.6 is 0 Å². The van der Waals surface area contributed by atoms with Crippen LogP contribution in [0.1, 0.15) is 52.9 Å². The number of aliphatic hydroxyl groups excluding tert-OH is 1. The molecule has 0 radical (unpaired) electrons. The molecule has 4 unspecified atom stereocenters. The summed E-state index contributed by atoms with van der Waals surface area (Å²) in [6, 6.07) is 0. The second kappa shape index (κ2) is 6.23. The first-order valence-electron chi connectivity index (χ1n) is 8.18. The van der Waals surface area contributed by atoms with E-state index in [4.69, 9.17) is 10.5 Å². The van der Waals surface area contributed by atoms with Gasteiger partial charge in [0, 0.05) is 25.0 Å². The summed E-state index contributed by atoms with van der Waals surface area (Å²) in [4.78, 5) is 12.5. The van der Waals surface area contributed by atoms with Gasteiger partial charge in [-0.05, 0) is 32.1 Å². The van der Waals surface area contributed by atoms with E-state index in [0.717, 1.165) is 25.7 Å². The van der Waals surface area contributed by atoms with Gasteiger partial charge in [0.15, 0.2) is 0 Å². The number of nitrogens with one attached hydrogen (secondary N) is 1. The first kappa shape index (κ1) is 16.7. The molecule has 0 heterocycles. The maximum Gasteiger partial charge on any atom is 0.240 e. The minimum atomic E-state index is -0.847. The Balaban J connectivity index is 1.86. The van der Waals surface area contributed by atoms with E-state index in [9.17, 15) is 9.90 Å². The average molecular weight is 298 g/mol. The highest BCUT2D eigenvalue weighted by atomic mass is 16.5. The van der Waals surface area contributed by atoms with Gasteiger partial charge in [0.25, 0.3) is 0 Å². The molecule has 5 nitrogen and oxygen atoms in total. The van der Waals surface area contributed by atoms with Gasteiger partial charge >= 0.3 is 0 Å². The molecule has 0 aromatic rings. The molecule has 0 bridgehead atoms. The minimum absolute atomic E-state index is 0.0507. The number of amides is 1. The lowest BCUT2D eigenvalue weighted by Gasteiger charge is -2.57. The van der Waals surface area contributed by atoms with Crippen molar-refractivity contribution in [3.63, 3.8) is 0 Å². The van der Waals surface area contributed by atoms with Gasteiger partial charge in [-0.2, -0.15) is 0 Å². The van der Waals surface area contributed by atoms with Crippen molar-refractivity contribution in [2.75, 3.05) is 13.2 Å². The van der Waals surface area contributed by atoms with Crippen molar-refractivity contribution < 1.29 is 14.6 Å². The highest BCUT2D eigenvalue weighted by Crippen LogP contribution is 2.49. The second-order valence-electron chi connectivity index (χ2n) is 7.24. The third-order valence-electron chi connectivity index (χ3n) is 5.54. The Labute approximate surface area is 127 Å². The highest BCUT2D eigenvalue weighted by molar-refractivity contribution is 5.88. The number of nitrogens with two attached hydrogens (primary N) is 1. The van der Waals surface area contributed by atoms with Gasteiger partial charge in [0.2, 0.25) is 5.91 Å². The van der Waals surface area contributed by atoms with E-state index >= 15 is 0 Å². The molecule has 0 aromatic heterocycles. The van der Waals surface area contributed by atoms with Crippen LogP contribution in [0.15, 0.2) is 0 Å². The quantitative estimate of drug-likeness (QED) is 0.712. The maximum atomic E-state index is 12.5. The molecule has 1 amide bonds. The summed E-state index contributed by atoms with van der Waals surface area (Å²) in [7, 11) is 0. The summed E-state index contributed by atoms with van der Waals surface area (Å²) < 4.78 is 5.65. The fourth-order valence-electron chi connectivity index (χ4n) is 3.66. The van der Waals surface area contributed by atoms with Crippen molar-refractivity contribution >= 4 is 5.91 Å². The lowest BCUT2D eigenvalue weighted by molar-refractivity contribution is -0.170. The average Bonchev–Trinajstić information content (AvgIpc) is 2.44. The smallest absolute Gasteiger partial charge is 0.240 e. The molecule has 2 aliphatic carbocycles. The van der Waals surface area contributed by atoms with E-state index < -0.39 is 5.54 Å². The molecule has 5 heteroatoms. The van der Waals surface area contributed by atoms with E-state index in [1.54, 1.807) is 0 Å². The zero-order valence-corrected chi connectivity index (χ0v) is 13.5. The standard InChI is InChI=1S/C16H30N2O3/c1-4-21-13-9-16(17,15(13,2)3)14(20)18-10-11-6-5-7-12(19)8-11/h11-13,19H,4-10,17H2,1-3H3,(H,18,20). The molecule has 4 atom stereocenters. The van der Waals surface area contributed by atoms with E-state index in [1.807, 2.05) is 20.8 Å². The predicted molar refractivity (Wildman–Crippen MR) is 81.7 cm³/mol. The summed E-state index contributed by atoms with van der Waals surface area (Å²) in [5.74, 6) is 0.288. The van der Waals surface area contributed by atoms with Crippen LogP contribution in [0.2, 0.25) is 0 Å². The van der Waals surface area contributed by atoms with E-state index in [0.29, 0.717) is 25.5 Å². The van der Waals surface area contributed by atoms with Gasteiger partial charge < -0.3 is 20.9 Å². The third kappa shape index (κ3) is 3.10. The molecule has 2 aliphatic rings. The number of hydrogen-bond donors (Lipinski definition) is 3. The molecule has 0 spiro atoms. The molecular formula is C16H30N2O3. The van der Waals surface area contributed by atoms with Gasteiger partial charge in [-0.1, -0.05) is 20.3 Å². The van der Waals surface area contributed by atoms with Crippen LogP contribution in [0.25, 0.3) is 0 Å². The van der Waals surface area contributed by atoms with E-state index in [1.165, 1.54) is 0 Å². The van der Waals surface area contributed by atoms with Crippen LogP contribution in [0, 0.1) is 11.3 Å². The minimum Gasteiger partial charge on any atom is -0.393 e. The molecule has 122 valence electrons. The highest BCUT2D eigenvalue weighted by Gasteiger charge is 2.62. The number of ether oxygens (including phenoxy) is 1. The Morgan fingerprint density at radius 1 is 1.43 bits per heavy atom. The zero-order chi connectivity index (χ0) is 15.7. The van der Waals surface area contributed by atoms with Gasteiger partial charge in [0.1, 0.15) is 5.54 Å². The normalized spacial score (nSPS) is 38.6. The molecule has 2 saturated carbocycles. The maximum absolute atomic E-state index is 12.5. The fourth-order valence-corrected chi connectivity index (χ4v) is 3.66. The lowest BCUT2D eigenvalue weighted by Crippen LogP contribution is -2.75. The SMILES string of the molecule is CCOC1CC(N)(C(=O)NCC2CCCC(O)C2)C1(C)C. The van der Waals surface area contributed by atoms with Crippen LogP contribution in [0.3, 0.4) is 0 Å². The van der Waals surface area contributed by atoms with Gasteiger partial charge in [0.05, 0.1) is 12.2 Å². The molecule has 4 N–H and O–H groups in total. The lowest BCUT2D eigenvalue weighted by atomic mass is 9.54. The number of aliphatic hydroxyl groups is 1. The van der Waals surface area contributed by atoms with Gasteiger partial charge in [-0.3, -0.25) is 4.79 Å². The topological polar surface area (TPSA) is 84.6 Å². The summed E-state index contributed by atoms with van der Waals surface area (Å²) >= 11 is 0. The van der Waals surface area contributed by atoms with Crippen molar-refractivity contribution in [1.82, 2.24) is 5.32 Å². The van der Waals surface area contributed by atoms with Crippen molar-refractivity contribution in [2.45, 2.75) is 70.6 Å². The Morgan fingerprint density at radius 3 is 2.71 bits per heavy atom. The van der Waals surface area contributed by atoms with E-state index in [2.05, 4.69) is 5.32 Å². The van der Waals surface area contributed by atoms with Gasteiger partial charge in [-0.25, -0.2) is 0 Å². The summed E-state index contributed by atoms with van der Waals surface area (Å²) in [6.45, 7) is 7.22. The molecule has 2 rings (SSSR count). The largest absolute Gasteiger partial charge is 0.393 e. The van der Waals surface area contributed by atoms with Crippen molar-refractivity contribution in [3.05, 3.63) is 0 Å². The molecule has 0 saturated heterocycles. The van der Waals surface area contributed by atoms with Crippen molar-refractivity contribution in [3.8, 4) is 0 Å². The van der Waals surface area contributed by atoms with Crippen molar-refractivity contribution in [1.29, 1.82) is 0 Å². The number of rotatable bonds is 5. The Bertz CT molecular complexity index is 386. The van der Waals surface area contributed by atoms with Crippen LogP contribution in [0.4, 0.5) is 0 Å². The second-order valence-corrected chi connectivity index (χ2v) is 7.24.